The molecule has 0 aromatic carbocycles. The lowest BCUT2D eigenvalue weighted by molar-refractivity contribution is -0.0251. The Morgan fingerprint density at radius 3 is 2.79 bits per heavy atom. The number of ether oxygens (including phenoxy) is 1. The smallest absolute Gasteiger partial charge is 0.183 e. The summed E-state index contributed by atoms with van der Waals surface area (Å²) in [5, 5.41) is 28.6. The summed E-state index contributed by atoms with van der Waals surface area (Å²) in [6.45, 7) is -0.408. The second-order valence-electron chi connectivity index (χ2n) is 4.33. The zero-order valence-corrected chi connectivity index (χ0v) is 9.76. The van der Waals surface area contributed by atoms with Gasteiger partial charge in [-0.2, -0.15) is 0 Å². The van der Waals surface area contributed by atoms with Gasteiger partial charge in [-0.05, 0) is 0 Å². The Bertz CT molecular complexity index is 603. The van der Waals surface area contributed by atoms with Crippen molar-refractivity contribution in [3.8, 4) is 0 Å². The summed E-state index contributed by atoms with van der Waals surface area (Å²) in [5.41, 5.74) is 6.59. The number of aliphatic hydroxyl groups excluding tert-OH is 3. The number of aliphatic hydroxyl groups is 3. The van der Waals surface area contributed by atoms with Crippen molar-refractivity contribution in [2.45, 2.75) is 24.4 Å². The molecule has 9 heteroatoms. The van der Waals surface area contributed by atoms with Crippen LogP contribution in [0.1, 0.15) is 11.9 Å². The summed E-state index contributed by atoms with van der Waals surface area (Å²) in [6, 6.07) is 0. The Morgan fingerprint density at radius 2 is 2.11 bits per heavy atom. The Balaban J connectivity index is 2.00. The van der Waals surface area contributed by atoms with Crippen molar-refractivity contribution in [3.63, 3.8) is 0 Å². The summed E-state index contributed by atoms with van der Waals surface area (Å²) in [4.78, 5) is 14.9. The van der Waals surface area contributed by atoms with Gasteiger partial charge in [0.25, 0.3) is 0 Å². The van der Waals surface area contributed by atoms with E-state index in [4.69, 9.17) is 15.6 Å². The molecule has 0 bridgehead atoms. The Morgan fingerprint density at radius 1 is 1.32 bits per heavy atom. The van der Waals surface area contributed by atoms with Gasteiger partial charge in [0, 0.05) is 0 Å². The standard InChI is InChI=1S/C10H13N5O4/c11-8-4-9(13-2-12-4)15-10(14-8)7-6(18)5(17)3(1-16)19-7/h2-3,5-7,16-18H,1H2,(H3,11,12,13,14,15)/t3-,5-,6-,7-/m1/s1. The number of rotatable bonds is 2. The van der Waals surface area contributed by atoms with E-state index in [1.165, 1.54) is 6.33 Å². The van der Waals surface area contributed by atoms with Crippen LogP contribution >= 0.6 is 0 Å². The average molecular weight is 267 g/mol. The molecule has 19 heavy (non-hydrogen) atoms. The highest BCUT2D eigenvalue weighted by Crippen LogP contribution is 2.32. The Labute approximate surface area is 107 Å². The van der Waals surface area contributed by atoms with Crippen molar-refractivity contribution < 1.29 is 20.1 Å². The maximum atomic E-state index is 9.89. The third-order valence-electron chi connectivity index (χ3n) is 3.13. The fraction of sp³-hybridized carbons (Fsp3) is 0.500. The molecule has 6 N–H and O–H groups in total. The Hall–Kier alpha value is -1.81. The molecule has 3 heterocycles. The fourth-order valence-corrected chi connectivity index (χ4v) is 2.11. The number of nitrogens with one attached hydrogen (secondary N) is 1. The largest absolute Gasteiger partial charge is 0.394 e. The third-order valence-corrected chi connectivity index (χ3v) is 3.13. The molecule has 2 aromatic heterocycles. The van der Waals surface area contributed by atoms with Crippen molar-refractivity contribution in [3.05, 3.63) is 12.2 Å². The van der Waals surface area contributed by atoms with Crippen LogP contribution in [-0.4, -0.2) is 60.2 Å². The molecular formula is C10H13N5O4. The normalized spacial score (nSPS) is 31.1. The average Bonchev–Trinajstić information content (AvgIpc) is 2.96. The minimum absolute atomic E-state index is 0.125. The summed E-state index contributed by atoms with van der Waals surface area (Å²) < 4.78 is 5.33. The first-order valence-corrected chi connectivity index (χ1v) is 5.70. The minimum atomic E-state index is -1.23. The van der Waals surface area contributed by atoms with E-state index in [9.17, 15) is 10.2 Å². The van der Waals surface area contributed by atoms with E-state index < -0.39 is 31.0 Å². The zero-order valence-electron chi connectivity index (χ0n) is 9.76. The number of nitrogens with zero attached hydrogens (tertiary/aromatic N) is 3. The highest BCUT2D eigenvalue weighted by atomic mass is 16.6. The number of anilines is 1. The van der Waals surface area contributed by atoms with Crippen LogP contribution < -0.4 is 5.73 Å². The van der Waals surface area contributed by atoms with Gasteiger partial charge in [-0.3, -0.25) is 0 Å². The maximum Gasteiger partial charge on any atom is 0.183 e. The number of hydrogen-bond donors (Lipinski definition) is 5. The molecule has 0 saturated carbocycles. The zero-order chi connectivity index (χ0) is 13.6. The van der Waals surface area contributed by atoms with E-state index in [2.05, 4.69) is 19.9 Å². The van der Waals surface area contributed by atoms with Crippen molar-refractivity contribution in [2.24, 2.45) is 0 Å². The molecule has 2 aromatic rings. The molecular weight excluding hydrogens is 254 g/mol. The molecule has 0 radical (unpaired) electrons. The first-order valence-electron chi connectivity index (χ1n) is 5.70. The molecule has 0 spiro atoms. The third kappa shape index (κ3) is 1.83. The second-order valence-corrected chi connectivity index (χ2v) is 4.33. The minimum Gasteiger partial charge on any atom is -0.394 e. The van der Waals surface area contributed by atoms with Crippen LogP contribution in [-0.2, 0) is 4.74 Å². The number of H-pyrrole nitrogens is 1. The summed E-state index contributed by atoms with van der Waals surface area (Å²) in [6.07, 6.45) is -2.82. The number of aromatic nitrogens is 4. The van der Waals surface area contributed by atoms with Gasteiger partial charge in [0.05, 0.1) is 12.9 Å². The van der Waals surface area contributed by atoms with E-state index in [-0.39, 0.29) is 11.6 Å². The van der Waals surface area contributed by atoms with Crippen molar-refractivity contribution in [1.82, 2.24) is 19.9 Å². The summed E-state index contributed by atoms with van der Waals surface area (Å²) in [7, 11) is 0. The number of fused-ring (bicyclic) bond motifs is 1. The number of nitrogens with two attached hydrogens (primary N) is 1. The first kappa shape index (κ1) is 12.2. The van der Waals surface area contributed by atoms with E-state index in [0.717, 1.165) is 0 Å². The SMILES string of the molecule is Nc1nc([C@@H]2O[C@H](CO)[C@@H](O)[C@H]2O)nc2nc[nH]c12. The van der Waals surface area contributed by atoms with Gasteiger partial charge < -0.3 is 30.8 Å². The molecule has 4 atom stereocenters. The van der Waals surface area contributed by atoms with Crippen LogP contribution in [0.25, 0.3) is 11.2 Å². The number of nitrogen functional groups attached to an aromatic ring is 1. The van der Waals surface area contributed by atoms with Crippen LogP contribution in [0, 0.1) is 0 Å². The van der Waals surface area contributed by atoms with E-state index in [1.807, 2.05) is 0 Å². The Kier molecular flexibility index (Phi) is 2.82. The van der Waals surface area contributed by atoms with Crippen LogP contribution in [0.5, 0.6) is 0 Å². The van der Waals surface area contributed by atoms with Crippen molar-refractivity contribution >= 4 is 17.0 Å². The van der Waals surface area contributed by atoms with Crippen LogP contribution in [0.2, 0.25) is 0 Å². The fourth-order valence-electron chi connectivity index (χ4n) is 2.11. The van der Waals surface area contributed by atoms with Gasteiger partial charge in [-0.1, -0.05) is 0 Å². The van der Waals surface area contributed by atoms with Gasteiger partial charge in [-0.15, -0.1) is 0 Å². The van der Waals surface area contributed by atoms with E-state index in [1.54, 1.807) is 0 Å². The molecule has 102 valence electrons. The molecule has 0 aliphatic carbocycles. The molecule has 0 unspecified atom stereocenters. The molecule has 1 saturated heterocycles. The van der Waals surface area contributed by atoms with Crippen molar-refractivity contribution in [2.75, 3.05) is 12.3 Å². The first-order chi connectivity index (χ1) is 9.11. The van der Waals surface area contributed by atoms with Gasteiger partial charge in [-0.25, -0.2) is 15.0 Å². The van der Waals surface area contributed by atoms with Gasteiger partial charge in [0.1, 0.15) is 29.9 Å². The highest BCUT2D eigenvalue weighted by Gasteiger charge is 2.44. The molecule has 9 nitrogen and oxygen atoms in total. The predicted molar refractivity (Wildman–Crippen MR) is 62.8 cm³/mol. The summed E-state index contributed by atoms with van der Waals surface area (Å²) >= 11 is 0. The van der Waals surface area contributed by atoms with Crippen LogP contribution in [0.3, 0.4) is 0 Å². The molecule has 3 rings (SSSR count). The second kappa shape index (κ2) is 4.38. The lowest BCUT2D eigenvalue weighted by Crippen LogP contribution is -2.32. The van der Waals surface area contributed by atoms with E-state index >= 15 is 0 Å². The van der Waals surface area contributed by atoms with Gasteiger partial charge in [0.15, 0.2) is 17.3 Å². The summed E-state index contributed by atoms with van der Waals surface area (Å²) in [5.74, 6) is 0.301. The molecule has 1 fully saturated rings. The quantitative estimate of drug-likeness (QED) is 0.423. The van der Waals surface area contributed by atoms with Crippen LogP contribution in [0.15, 0.2) is 6.33 Å². The molecule has 1 aliphatic rings. The number of hydrogen-bond acceptors (Lipinski definition) is 8. The lowest BCUT2D eigenvalue weighted by atomic mass is 10.1. The molecule has 0 amide bonds. The molecule has 1 aliphatic heterocycles. The predicted octanol–water partition coefficient (Wildman–Crippen LogP) is -1.91. The lowest BCUT2D eigenvalue weighted by Gasteiger charge is -2.13. The topological polar surface area (TPSA) is 150 Å². The van der Waals surface area contributed by atoms with Crippen molar-refractivity contribution in [1.29, 1.82) is 0 Å². The van der Waals surface area contributed by atoms with Gasteiger partial charge >= 0.3 is 0 Å². The van der Waals surface area contributed by atoms with E-state index in [0.29, 0.717) is 11.2 Å². The maximum absolute atomic E-state index is 9.89. The number of aromatic amines is 1. The monoisotopic (exact) mass is 267 g/mol. The van der Waals surface area contributed by atoms with Gasteiger partial charge in [0.2, 0.25) is 0 Å². The number of imidazole rings is 1. The highest BCUT2D eigenvalue weighted by molar-refractivity contribution is 5.80. The van der Waals surface area contributed by atoms with Crippen LogP contribution in [0.4, 0.5) is 5.82 Å².